The van der Waals surface area contributed by atoms with Crippen molar-refractivity contribution in [3.63, 3.8) is 0 Å². The Bertz CT molecular complexity index is 1200. The standard InChI is InChI=1S/C24H26F2N6O/c1-3-28-18-7-17(25)22(26)20-15(18)6-19-21(20)23(32-5-4-13(8-27)12-32)16(11-29-19)14-9-30-24(33-2)31-10-14/h7,9-11,13,28H,3-6,8,12,27H2,1-2H3. The Morgan fingerprint density at radius 1 is 1.18 bits per heavy atom. The Labute approximate surface area is 191 Å². The summed E-state index contributed by atoms with van der Waals surface area (Å²) < 4.78 is 35.1. The smallest absolute Gasteiger partial charge is 0.316 e. The molecule has 1 aliphatic carbocycles. The number of ether oxygens (including phenoxy) is 1. The molecule has 2 aromatic heterocycles. The molecule has 5 rings (SSSR count). The first kappa shape index (κ1) is 21.5. The summed E-state index contributed by atoms with van der Waals surface area (Å²) in [7, 11) is 1.50. The van der Waals surface area contributed by atoms with Crippen LogP contribution in [0.3, 0.4) is 0 Å². The number of anilines is 2. The molecule has 1 fully saturated rings. The van der Waals surface area contributed by atoms with Gasteiger partial charge in [-0.2, -0.15) is 0 Å². The number of nitrogens with two attached hydrogens (primary N) is 1. The second-order valence-electron chi connectivity index (χ2n) is 8.42. The summed E-state index contributed by atoms with van der Waals surface area (Å²) in [5, 5.41) is 3.18. The van der Waals surface area contributed by atoms with Gasteiger partial charge in [-0.15, -0.1) is 0 Å². The molecule has 7 nitrogen and oxygen atoms in total. The fourth-order valence-electron chi connectivity index (χ4n) is 4.89. The number of pyridine rings is 1. The van der Waals surface area contributed by atoms with Crippen molar-refractivity contribution in [3.05, 3.63) is 47.5 Å². The summed E-state index contributed by atoms with van der Waals surface area (Å²) in [4.78, 5) is 15.4. The first-order valence-corrected chi connectivity index (χ1v) is 11.1. The third kappa shape index (κ3) is 3.56. The van der Waals surface area contributed by atoms with Crippen LogP contribution in [-0.4, -0.2) is 48.2 Å². The topological polar surface area (TPSA) is 89.2 Å². The molecule has 9 heteroatoms. The van der Waals surface area contributed by atoms with Crippen molar-refractivity contribution < 1.29 is 13.5 Å². The minimum Gasteiger partial charge on any atom is -0.467 e. The van der Waals surface area contributed by atoms with Gasteiger partial charge in [0, 0.05) is 78.7 Å². The predicted octanol–water partition coefficient (Wildman–Crippen LogP) is 3.61. The van der Waals surface area contributed by atoms with E-state index in [0.717, 1.165) is 47.6 Å². The van der Waals surface area contributed by atoms with E-state index >= 15 is 4.39 Å². The average Bonchev–Trinajstić information content (AvgIpc) is 3.47. The van der Waals surface area contributed by atoms with Crippen LogP contribution < -0.4 is 20.7 Å². The average molecular weight is 453 g/mol. The van der Waals surface area contributed by atoms with Crippen LogP contribution in [0.5, 0.6) is 6.01 Å². The molecule has 1 saturated heterocycles. The lowest BCUT2D eigenvalue weighted by molar-refractivity contribution is 0.380. The Balaban J connectivity index is 1.75. The summed E-state index contributed by atoms with van der Waals surface area (Å²) in [5.41, 5.74) is 11.3. The summed E-state index contributed by atoms with van der Waals surface area (Å²) in [6, 6.07) is 1.49. The zero-order valence-corrected chi connectivity index (χ0v) is 18.7. The molecule has 1 unspecified atom stereocenters. The Kier molecular flexibility index (Phi) is 5.57. The van der Waals surface area contributed by atoms with E-state index in [1.807, 2.05) is 6.92 Å². The molecule has 0 radical (unpaired) electrons. The van der Waals surface area contributed by atoms with Crippen molar-refractivity contribution in [1.29, 1.82) is 0 Å². The maximum atomic E-state index is 15.3. The summed E-state index contributed by atoms with van der Waals surface area (Å²) in [6.45, 7) is 4.62. The molecule has 1 aromatic carbocycles. The highest BCUT2D eigenvalue weighted by Gasteiger charge is 2.35. The molecule has 0 spiro atoms. The maximum absolute atomic E-state index is 15.3. The van der Waals surface area contributed by atoms with Crippen LogP contribution in [0.1, 0.15) is 24.6 Å². The number of aromatic nitrogens is 3. The third-order valence-electron chi connectivity index (χ3n) is 6.48. The number of nitrogens with zero attached hydrogens (tertiary/aromatic N) is 4. The number of methoxy groups -OCH3 is 1. The molecule has 33 heavy (non-hydrogen) atoms. The molecule has 172 valence electrons. The zero-order chi connectivity index (χ0) is 23.1. The summed E-state index contributed by atoms with van der Waals surface area (Å²) >= 11 is 0. The fourth-order valence-corrected chi connectivity index (χ4v) is 4.89. The van der Waals surface area contributed by atoms with Gasteiger partial charge in [-0.3, -0.25) is 4.98 Å². The van der Waals surface area contributed by atoms with Crippen LogP contribution in [0.15, 0.2) is 24.7 Å². The molecular weight excluding hydrogens is 426 g/mol. The molecule has 3 heterocycles. The lowest BCUT2D eigenvalue weighted by Gasteiger charge is -2.25. The lowest BCUT2D eigenvalue weighted by atomic mass is 9.98. The number of halogens is 2. The minimum absolute atomic E-state index is 0.257. The third-order valence-corrected chi connectivity index (χ3v) is 6.48. The number of benzene rings is 1. The van der Waals surface area contributed by atoms with Gasteiger partial charge in [0.05, 0.1) is 18.5 Å². The lowest BCUT2D eigenvalue weighted by Crippen LogP contribution is -2.24. The van der Waals surface area contributed by atoms with Gasteiger partial charge in [-0.25, -0.2) is 18.7 Å². The van der Waals surface area contributed by atoms with Gasteiger partial charge in [-0.1, -0.05) is 0 Å². The number of hydrogen-bond acceptors (Lipinski definition) is 7. The molecule has 0 saturated carbocycles. The largest absolute Gasteiger partial charge is 0.467 e. The van der Waals surface area contributed by atoms with Crippen LogP contribution in [0.4, 0.5) is 20.2 Å². The van der Waals surface area contributed by atoms with E-state index in [9.17, 15) is 4.39 Å². The van der Waals surface area contributed by atoms with Gasteiger partial charge in [-0.05, 0) is 31.4 Å². The van der Waals surface area contributed by atoms with Gasteiger partial charge >= 0.3 is 6.01 Å². The molecule has 3 aromatic rings. The second kappa shape index (κ2) is 8.55. The molecular formula is C24H26F2N6O. The van der Waals surface area contributed by atoms with Gasteiger partial charge in [0.1, 0.15) is 0 Å². The normalized spacial score (nSPS) is 16.6. The highest BCUT2D eigenvalue weighted by molar-refractivity contribution is 5.96. The number of hydrogen-bond donors (Lipinski definition) is 2. The van der Waals surface area contributed by atoms with Crippen molar-refractivity contribution in [1.82, 2.24) is 15.0 Å². The molecule has 0 bridgehead atoms. The van der Waals surface area contributed by atoms with Crippen molar-refractivity contribution in [2.24, 2.45) is 11.7 Å². The van der Waals surface area contributed by atoms with Crippen LogP contribution in [0.2, 0.25) is 0 Å². The highest BCUT2D eigenvalue weighted by atomic mass is 19.2. The molecule has 2 aliphatic rings. The van der Waals surface area contributed by atoms with Crippen molar-refractivity contribution >= 4 is 11.4 Å². The van der Waals surface area contributed by atoms with Gasteiger partial charge in [0.2, 0.25) is 0 Å². The molecule has 1 aliphatic heterocycles. The van der Waals surface area contributed by atoms with Crippen LogP contribution in [-0.2, 0) is 6.42 Å². The van der Waals surface area contributed by atoms with E-state index in [1.54, 1.807) is 18.6 Å². The van der Waals surface area contributed by atoms with Gasteiger partial charge in [0.25, 0.3) is 0 Å². The van der Waals surface area contributed by atoms with Crippen LogP contribution in [0.25, 0.3) is 22.3 Å². The van der Waals surface area contributed by atoms with Crippen LogP contribution in [0, 0.1) is 17.6 Å². The van der Waals surface area contributed by atoms with E-state index in [1.165, 1.54) is 13.2 Å². The van der Waals surface area contributed by atoms with E-state index in [-0.39, 0.29) is 11.6 Å². The van der Waals surface area contributed by atoms with Crippen molar-refractivity contribution in [2.75, 3.05) is 43.5 Å². The molecule has 1 atom stereocenters. The van der Waals surface area contributed by atoms with E-state index in [4.69, 9.17) is 10.5 Å². The number of fused-ring (bicyclic) bond motifs is 3. The van der Waals surface area contributed by atoms with E-state index < -0.39 is 11.6 Å². The van der Waals surface area contributed by atoms with E-state index in [2.05, 4.69) is 25.2 Å². The molecule has 3 N–H and O–H groups in total. The van der Waals surface area contributed by atoms with Crippen molar-refractivity contribution in [3.8, 4) is 28.3 Å². The van der Waals surface area contributed by atoms with Gasteiger partial charge in [0.15, 0.2) is 11.6 Å². The monoisotopic (exact) mass is 452 g/mol. The minimum atomic E-state index is -0.872. The fraction of sp³-hybridized carbons (Fsp3) is 0.375. The van der Waals surface area contributed by atoms with Crippen LogP contribution >= 0.6 is 0 Å². The van der Waals surface area contributed by atoms with Gasteiger partial charge < -0.3 is 20.7 Å². The summed E-state index contributed by atoms with van der Waals surface area (Å²) in [6.07, 6.45) is 6.48. The highest BCUT2D eigenvalue weighted by Crippen LogP contribution is 2.50. The molecule has 0 amide bonds. The second-order valence-corrected chi connectivity index (χ2v) is 8.42. The number of nitrogens with one attached hydrogen (secondary N) is 1. The first-order chi connectivity index (χ1) is 16.0. The Hall–Kier alpha value is -3.33. The number of rotatable bonds is 6. The maximum Gasteiger partial charge on any atom is 0.316 e. The quantitative estimate of drug-likeness (QED) is 0.462. The van der Waals surface area contributed by atoms with E-state index in [0.29, 0.717) is 36.7 Å². The summed E-state index contributed by atoms with van der Waals surface area (Å²) in [5.74, 6) is -1.38. The van der Waals surface area contributed by atoms with Crippen molar-refractivity contribution in [2.45, 2.75) is 19.8 Å². The zero-order valence-electron chi connectivity index (χ0n) is 18.7. The Morgan fingerprint density at radius 3 is 2.64 bits per heavy atom. The Morgan fingerprint density at radius 2 is 1.97 bits per heavy atom. The SMILES string of the molecule is CCNc1cc(F)c(F)c2c1Cc1ncc(-c3cnc(OC)nc3)c(N3CCC(CN)C3)c1-2. The first-order valence-electron chi connectivity index (χ1n) is 11.1. The predicted molar refractivity (Wildman–Crippen MR) is 124 cm³/mol.